The van der Waals surface area contributed by atoms with Gasteiger partial charge in [0.1, 0.15) is 12.0 Å². The van der Waals surface area contributed by atoms with Crippen LogP contribution in [-0.2, 0) is 16.6 Å². The molecule has 16 heavy (non-hydrogen) atoms. The molecule has 0 radical (unpaired) electrons. The highest BCUT2D eigenvalue weighted by molar-refractivity contribution is 7.86. The van der Waals surface area contributed by atoms with Gasteiger partial charge in [0.15, 0.2) is 0 Å². The molecule has 2 aromatic rings. The van der Waals surface area contributed by atoms with E-state index >= 15 is 0 Å². The minimum Gasteiger partial charge on any atom is -0.478 e. The zero-order valence-corrected chi connectivity index (χ0v) is 9.72. The minimum absolute atomic E-state index is 0.0816. The molecule has 1 atom stereocenters. The molecule has 2 heterocycles. The molecule has 4 nitrogen and oxygen atoms in total. The van der Waals surface area contributed by atoms with Crippen LogP contribution in [0.1, 0.15) is 16.1 Å². The van der Waals surface area contributed by atoms with Gasteiger partial charge in [0.25, 0.3) is 0 Å². The Bertz CT molecular complexity index is 513. The van der Waals surface area contributed by atoms with Gasteiger partial charge < -0.3 is 9.52 Å². The molecule has 84 valence electrons. The molecular formula is C10H8O4S2. The van der Waals surface area contributed by atoms with Gasteiger partial charge >= 0.3 is 5.97 Å². The first-order valence-corrected chi connectivity index (χ1v) is 6.59. The normalized spacial score (nSPS) is 12.5. The number of carbonyl (C=O) groups is 1. The molecule has 0 saturated carbocycles. The summed E-state index contributed by atoms with van der Waals surface area (Å²) in [5.74, 6) is -0.422. The molecule has 2 aromatic heterocycles. The number of furan rings is 1. The SMILES string of the molecule is O=C(O)c1coc(CS(=O)c2cccs2)c1. The fraction of sp³-hybridized carbons (Fsp3) is 0.100. The maximum atomic E-state index is 11.8. The van der Waals surface area contributed by atoms with Gasteiger partial charge in [0, 0.05) is 0 Å². The number of rotatable bonds is 4. The van der Waals surface area contributed by atoms with Crippen LogP contribution in [0.5, 0.6) is 0 Å². The van der Waals surface area contributed by atoms with Crippen LogP contribution in [0.4, 0.5) is 0 Å². The Morgan fingerprint density at radius 1 is 1.56 bits per heavy atom. The van der Waals surface area contributed by atoms with Crippen LogP contribution in [-0.4, -0.2) is 15.3 Å². The molecule has 0 aromatic carbocycles. The third kappa shape index (κ3) is 2.40. The highest BCUT2D eigenvalue weighted by Crippen LogP contribution is 2.18. The molecule has 1 N–H and O–H groups in total. The predicted molar refractivity (Wildman–Crippen MR) is 60.1 cm³/mol. The maximum absolute atomic E-state index is 11.8. The van der Waals surface area contributed by atoms with Gasteiger partial charge in [0.2, 0.25) is 0 Å². The van der Waals surface area contributed by atoms with Crippen molar-refractivity contribution in [2.75, 3.05) is 0 Å². The standard InChI is InChI=1S/C10H8O4S2/c11-10(12)7-4-8(14-5-7)6-16(13)9-2-1-3-15-9/h1-5H,6H2,(H,11,12). The van der Waals surface area contributed by atoms with Crippen molar-refractivity contribution < 1.29 is 18.5 Å². The van der Waals surface area contributed by atoms with E-state index in [4.69, 9.17) is 9.52 Å². The molecule has 0 bridgehead atoms. The Morgan fingerprint density at radius 2 is 2.38 bits per heavy atom. The molecule has 0 aliphatic heterocycles. The van der Waals surface area contributed by atoms with Crippen LogP contribution in [0.15, 0.2) is 38.5 Å². The average Bonchev–Trinajstić information content (AvgIpc) is 2.87. The minimum atomic E-state index is -1.17. The lowest BCUT2D eigenvalue weighted by Gasteiger charge is -1.94. The van der Waals surface area contributed by atoms with Crippen LogP contribution in [0.3, 0.4) is 0 Å². The van der Waals surface area contributed by atoms with E-state index < -0.39 is 16.8 Å². The smallest absolute Gasteiger partial charge is 0.338 e. The zero-order valence-electron chi connectivity index (χ0n) is 8.08. The van der Waals surface area contributed by atoms with Crippen LogP contribution < -0.4 is 0 Å². The van der Waals surface area contributed by atoms with Crippen LogP contribution in [0.2, 0.25) is 0 Å². The summed E-state index contributed by atoms with van der Waals surface area (Å²) in [6.45, 7) is 0. The molecule has 0 aliphatic carbocycles. The topological polar surface area (TPSA) is 67.5 Å². The number of hydrogen-bond acceptors (Lipinski definition) is 4. The Balaban J connectivity index is 2.09. The summed E-state index contributed by atoms with van der Waals surface area (Å²) in [4.78, 5) is 10.6. The second-order valence-corrected chi connectivity index (χ2v) is 5.65. The summed E-state index contributed by atoms with van der Waals surface area (Å²) in [7, 11) is -1.17. The summed E-state index contributed by atoms with van der Waals surface area (Å²) in [5.41, 5.74) is 0.0816. The average molecular weight is 256 g/mol. The predicted octanol–water partition coefficient (Wildman–Crippen LogP) is 2.35. The van der Waals surface area contributed by atoms with Crippen molar-refractivity contribution in [2.24, 2.45) is 0 Å². The fourth-order valence-corrected chi connectivity index (χ4v) is 3.17. The molecule has 2 rings (SSSR count). The Hall–Kier alpha value is -1.40. The first-order chi connectivity index (χ1) is 7.66. The van der Waals surface area contributed by atoms with Crippen LogP contribution >= 0.6 is 11.3 Å². The van der Waals surface area contributed by atoms with E-state index in [1.165, 1.54) is 17.4 Å². The molecule has 0 saturated heterocycles. The number of thiophene rings is 1. The largest absolute Gasteiger partial charge is 0.478 e. The maximum Gasteiger partial charge on any atom is 0.338 e. The summed E-state index contributed by atoms with van der Waals surface area (Å²) in [6, 6.07) is 5.00. The first-order valence-electron chi connectivity index (χ1n) is 4.39. The van der Waals surface area contributed by atoms with Crippen molar-refractivity contribution >= 4 is 28.1 Å². The van der Waals surface area contributed by atoms with Crippen molar-refractivity contribution in [1.29, 1.82) is 0 Å². The van der Waals surface area contributed by atoms with Gasteiger partial charge in [-0.2, -0.15) is 0 Å². The van der Waals surface area contributed by atoms with Crippen molar-refractivity contribution in [2.45, 2.75) is 9.96 Å². The third-order valence-electron chi connectivity index (χ3n) is 1.89. The van der Waals surface area contributed by atoms with Crippen LogP contribution in [0.25, 0.3) is 0 Å². The summed E-state index contributed by atoms with van der Waals surface area (Å²) < 4.78 is 17.6. The third-order valence-corrected chi connectivity index (χ3v) is 4.53. The Labute approximate surface area is 98.0 Å². The van der Waals surface area contributed by atoms with E-state index in [0.29, 0.717) is 5.76 Å². The summed E-state index contributed by atoms with van der Waals surface area (Å²) in [5, 5.41) is 10.5. The summed E-state index contributed by atoms with van der Waals surface area (Å²) in [6.07, 6.45) is 1.16. The second-order valence-electron chi connectivity index (χ2n) is 3.03. The van der Waals surface area contributed by atoms with E-state index in [0.717, 1.165) is 10.5 Å². The van der Waals surface area contributed by atoms with E-state index in [-0.39, 0.29) is 11.3 Å². The van der Waals surface area contributed by atoms with Crippen LogP contribution in [0, 0.1) is 0 Å². The van der Waals surface area contributed by atoms with Crippen molar-refractivity contribution in [3.05, 3.63) is 41.2 Å². The molecule has 0 fully saturated rings. The van der Waals surface area contributed by atoms with Crippen molar-refractivity contribution in [3.63, 3.8) is 0 Å². The van der Waals surface area contributed by atoms with Gasteiger partial charge in [-0.15, -0.1) is 11.3 Å². The first kappa shape index (κ1) is 11.1. The lowest BCUT2D eigenvalue weighted by Crippen LogP contribution is -1.94. The number of carboxylic acid groups (broad SMARTS) is 1. The quantitative estimate of drug-likeness (QED) is 0.911. The lowest BCUT2D eigenvalue weighted by atomic mass is 10.3. The number of carboxylic acids is 1. The van der Waals surface area contributed by atoms with E-state index in [1.54, 1.807) is 6.07 Å². The Morgan fingerprint density at radius 3 is 2.94 bits per heavy atom. The molecule has 0 spiro atoms. The number of hydrogen-bond donors (Lipinski definition) is 1. The lowest BCUT2D eigenvalue weighted by molar-refractivity contribution is 0.0696. The Kier molecular flexibility index (Phi) is 3.21. The van der Waals surface area contributed by atoms with E-state index in [1.807, 2.05) is 11.4 Å². The van der Waals surface area contributed by atoms with Gasteiger partial charge in [-0.25, -0.2) is 4.79 Å². The highest BCUT2D eigenvalue weighted by atomic mass is 32.2. The monoisotopic (exact) mass is 256 g/mol. The van der Waals surface area contributed by atoms with E-state index in [9.17, 15) is 9.00 Å². The van der Waals surface area contributed by atoms with Gasteiger partial charge in [-0.3, -0.25) is 4.21 Å². The van der Waals surface area contributed by atoms with E-state index in [2.05, 4.69) is 0 Å². The molecule has 1 unspecified atom stereocenters. The van der Waals surface area contributed by atoms with Gasteiger partial charge in [-0.05, 0) is 17.5 Å². The highest BCUT2D eigenvalue weighted by Gasteiger charge is 2.12. The van der Waals surface area contributed by atoms with Crippen molar-refractivity contribution in [3.8, 4) is 0 Å². The van der Waals surface area contributed by atoms with Gasteiger partial charge in [-0.1, -0.05) is 6.07 Å². The zero-order chi connectivity index (χ0) is 11.5. The molecule has 0 aliphatic rings. The molecule has 0 amide bonds. The van der Waals surface area contributed by atoms with Gasteiger partial charge in [0.05, 0.1) is 26.3 Å². The molecular weight excluding hydrogens is 248 g/mol. The number of aromatic carboxylic acids is 1. The van der Waals surface area contributed by atoms with Crippen molar-refractivity contribution in [1.82, 2.24) is 0 Å². The fourth-order valence-electron chi connectivity index (χ4n) is 1.16. The molecule has 6 heteroatoms. The summed E-state index contributed by atoms with van der Waals surface area (Å²) >= 11 is 1.41. The second kappa shape index (κ2) is 4.63.